The Morgan fingerprint density at radius 2 is 2.00 bits per heavy atom. The van der Waals surface area contributed by atoms with Crippen molar-refractivity contribution in [2.75, 3.05) is 13.1 Å². The molecule has 1 saturated heterocycles. The van der Waals surface area contributed by atoms with Crippen molar-refractivity contribution in [1.29, 1.82) is 0 Å². The lowest BCUT2D eigenvalue weighted by atomic mass is 9.97. The molecule has 120 valence electrons. The van der Waals surface area contributed by atoms with Gasteiger partial charge in [0.2, 0.25) is 5.91 Å². The van der Waals surface area contributed by atoms with Crippen LogP contribution in [0.15, 0.2) is 24.3 Å². The minimum atomic E-state index is -2.88. The zero-order chi connectivity index (χ0) is 16.1. The van der Waals surface area contributed by atoms with Crippen LogP contribution in [0.1, 0.15) is 18.4 Å². The van der Waals surface area contributed by atoms with Crippen LogP contribution in [0.5, 0.6) is 5.75 Å². The predicted octanol–water partition coefficient (Wildman–Crippen LogP) is 2.15. The summed E-state index contributed by atoms with van der Waals surface area (Å²) in [5, 5.41) is 9.02. The molecule has 0 aliphatic carbocycles. The number of carbonyl (C=O) groups is 2. The highest BCUT2D eigenvalue weighted by Gasteiger charge is 2.27. The fraction of sp³-hybridized carbons (Fsp3) is 0.467. The summed E-state index contributed by atoms with van der Waals surface area (Å²) in [4.78, 5) is 24.7. The zero-order valence-corrected chi connectivity index (χ0v) is 11.9. The molecule has 0 bridgehead atoms. The number of carboxylic acids is 1. The summed E-state index contributed by atoms with van der Waals surface area (Å²) in [7, 11) is 0. The number of aliphatic carboxylic acids is 1. The van der Waals surface area contributed by atoms with Crippen molar-refractivity contribution in [2.24, 2.45) is 5.92 Å². The maximum atomic E-state index is 12.2. The van der Waals surface area contributed by atoms with E-state index >= 15 is 0 Å². The number of alkyl halides is 2. The highest BCUT2D eigenvalue weighted by Crippen LogP contribution is 2.19. The minimum absolute atomic E-state index is 0.0371. The Morgan fingerprint density at radius 1 is 1.32 bits per heavy atom. The van der Waals surface area contributed by atoms with Gasteiger partial charge in [-0.25, -0.2) is 0 Å². The van der Waals surface area contributed by atoms with Crippen molar-refractivity contribution in [1.82, 2.24) is 4.90 Å². The minimum Gasteiger partial charge on any atom is -0.481 e. The first kappa shape index (κ1) is 16.2. The number of hydrogen-bond acceptors (Lipinski definition) is 3. The Balaban J connectivity index is 1.92. The molecule has 5 nitrogen and oxygen atoms in total. The Hall–Kier alpha value is -2.18. The molecule has 0 saturated carbocycles. The van der Waals surface area contributed by atoms with Crippen LogP contribution in [0.3, 0.4) is 0 Å². The molecular weight excluding hydrogens is 296 g/mol. The third-order valence-corrected chi connectivity index (χ3v) is 3.63. The van der Waals surface area contributed by atoms with E-state index in [9.17, 15) is 18.4 Å². The van der Waals surface area contributed by atoms with Crippen molar-refractivity contribution < 1.29 is 28.2 Å². The molecule has 1 aromatic rings. The van der Waals surface area contributed by atoms with Gasteiger partial charge in [-0.05, 0) is 30.5 Å². The zero-order valence-electron chi connectivity index (χ0n) is 11.9. The molecule has 2 rings (SSSR count). The summed E-state index contributed by atoms with van der Waals surface area (Å²) >= 11 is 0. The molecule has 22 heavy (non-hydrogen) atoms. The number of hydrogen-bond donors (Lipinski definition) is 1. The molecule has 7 heteroatoms. The van der Waals surface area contributed by atoms with Crippen LogP contribution in [0.25, 0.3) is 0 Å². The largest absolute Gasteiger partial charge is 0.481 e. The van der Waals surface area contributed by atoms with Crippen molar-refractivity contribution in [3.8, 4) is 5.75 Å². The van der Waals surface area contributed by atoms with Crippen LogP contribution in [-0.2, 0) is 16.0 Å². The Morgan fingerprint density at radius 3 is 2.59 bits per heavy atom. The van der Waals surface area contributed by atoms with Crippen molar-refractivity contribution in [2.45, 2.75) is 25.9 Å². The second kappa shape index (κ2) is 7.20. The molecule has 1 heterocycles. The molecule has 0 spiro atoms. The van der Waals surface area contributed by atoms with Gasteiger partial charge in [-0.3, -0.25) is 9.59 Å². The van der Waals surface area contributed by atoms with Gasteiger partial charge in [0.1, 0.15) is 5.75 Å². The first-order valence-electron chi connectivity index (χ1n) is 7.00. The van der Waals surface area contributed by atoms with Gasteiger partial charge in [0.05, 0.1) is 12.3 Å². The predicted molar refractivity (Wildman–Crippen MR) is 73.7 cm³/mol. The van der Waals surface area contributed by atoms with E-state index in [2.05, 4.69) is 4.74 Å². The highest BCUT2D eigenvalue weighted by molar-refractivity contribution is 5.80. The summed E-state index contributed by atoms with van der Waals surface area (Å²) in [6.07, 6.45) is 1.37. The van der Waals surface area contributed by atoms with Crippen molar-refractivity contribution in [3.63, 3.8) is 0 Å². The van der Waals surface area contributed by atoms with Gasteiger partial charge >= 0.3 is 12.6 Å². The van der Waals surface area contributed by atoms with E-state index < -0.39 is 18.5 Å². The Kier molecular flexibility index (Phi) is 5.30. The topological polar surface area (TPSA) is 66.8 Å². The number of amides is 1. The molecule has 0 aromatic heterocycles. The van der Waals surface area contributed by atoms with Crippen LogP contribution >= 0.6 is 0 Å². The summed E-state index contributed by atoms with van der Waals surface area (Å²) < 4.78 is 28.3. The molecule has 0 radical (unpaired) electrons. The molecule has 1 unspecified atom stereocenters. The highest BCUT2D eigenvalue weighted by atomic mass is 19.3. The number of likely N-dealkylation sites (tertiary alicyclic amines) is 1. The van der Waals surface area contributed by atoms with Crippen LogP contribution in [0.4, 0.5) is 8.78 Å². The number of carbonyl (C=O) groups excluding carboxylic acids is 1. The summed E-state index contributed by atoms with van der Waals surface area (Å²) in [6.45, 7) is -2.11. The third-order valence-electron chi connectivity index (χ3n) is 3.63. The molecule has 1 fully saturated rings. The number of carboxylic acid groups (broad SMARTS) is 1. The van der Waals surface area contributed by atoms with Gasteiger partial charge in [0.25, 0.3) is 0 Å². The van der Waals surface area contributed by atoms with Gasteiger partial charge < -0.3 is 14.7 Å². The maximum Gasteiger partial charge on any atom is 0.387 e. The van der Waals surface area contributed by atoms with Crippen LogP contribution in [0.2, 0.25) is 0 Å². The summed E-state index contributed by atoms with van der Waals surface area (Å²) in [6, 6.07) is 5.86. The lowest BCUT2D eigenvalue weighted by molar-refractivity contribution is -0.145. The van der Waals surface area contributed by atoms with Gasteiger partial charge in [0.15, 0.2) is 0 Å². The molecule has 1 atom stereocenters. The molecule has 1 aromatic carbocycles. The average Bonchev–Trinajstić information content (AvgIpc) is 2.49. The smallest absolute Gasteiger partial charge is 0.387 e. The number of halogens is 2. The van der Waals surface area contributed by atoms with E-state index in [-0.39, 0.29) is 24.6 Å². The monoisotopic (exact) mass is 313 g/mol. The number of benzene rings is 1. The number of piperidine rings is 1. The van der Waals surface area contributed by atoms with Crippen LogP contribution in [0, 0.1) is 5.92 Å². The van der Waals surface area contributed by atoms with Gasteiger partial charge in [-0.2, -0.15) is 8.78 Å². The second-order valence-electron chi connectivity index (χ2n) is 5.22. The SMILES string of the molecule is O=C(O)C1CCCN(C(=O)Cc2ccc(OC(F)F)cc2)C1. The van der Waals surface area contributed by atoms with Gasteiger partial charge in [-0.15, -0.1) is 0 Å². The Bertz CT molecular complexity index is 533. The summed E-state index contributed by atoms with van der Waals surface area (Å²) in [5.74, 6) is -1.52. The lowest BCUT2D eigenvalue weighted by Crippen LogP contribution is -2.42. The number of rotatable bonds is 5. The molecule has 1 N–H and O–H groups in total. The van der Waals surface area contributed by atoms with Crippen molar-refractivity contribution >= 4 is 11.9 Å². The normalized spacial score (nSPS) is 18.3. The lowest BCUT2D eigenvalue weighted by Gasteiger charge is -2.30. The maximum absolute atomic E-state index is 12.2. The fourth-order valence-corrected chi connectivity index (χ4v) is 2.48. The summed E-state index contributed by atoms with van der Waals surface area (Å²) in [5.41, 5.74) is 0.670. The van der Waals surface area contributed by atoms with Crippen LogP contribution in [-0.4, -0.2) is 41.6 Å². The quantitative estimate of drug-likeness (QED) is 0.904. The van der Waals surface area contributed by atoms with Gasteiger partial charge in [-0.1, -0.05) is 12.1 Å². The average molecular weight is 313 g/mol. The molecule has 1 amide bonds. The van der Waals surface area contributed by atoms with Gasteiger partial charge in [0, 0.05) is 13.1 Å². The number of nitrogens with zero attached hydrogens (tertiary/aromatic N) is 1. The number of ether oxygens (including phenoxy) is 1. The first-order valence-corrected chi connectivity index (χ1v) is 7.00. The van der Waals surface area contributed by atoms with E-state index in [0.717, 1.165) is 0 Å². The van der Waals surface area contributed by atoms with E-state index in [4.69, 9.17) is 5.11 Å². The first-order chi connectivity index (χ1) is 10.5. The van der Waals surface area contributed by atoms with Crippen molar-refractivity contribution in [3.05, 3.63) is 29.8 Å². The van der Waals surface area contributed by atoms with Crippen LogP contribution < -0.4 is 4.74 Å². The third kappa shape index (κ3) is 4.41. The van der Waals surface area contributed by atoms with E-state index in [0.29, 0.717) is 24.9 Å². The molecule has 1 aliphatic rings. The standard InChI is InChI=1S/C15H17F2NO4/c16-15(17)22-12-5-3-10(4-6-12)8-13(19)18-7-1-2-11(9-18)14(20)21/h3-6,11,15H,1-2,7-9H2,(H,20,21). The van der Waals surface area contributed by atoms with E-state index in [1.54, 1.807) is 17.0 Å². The van der Waals surface area contributed by atoms with E-state index in [1.807, 2.05) is 0 Å². The van der Waals surface area contributed by atoms with E-state index in [1.165, 1.54) is 12.1 Å². The fourth-order valence-electron chi connectivity index (χ4n) is 2.48. The Labute approximate surface area is 126 Å². The molecular formula is C15H17F2NO4. The second-order valence-corrected chi connectivity index (χ2v) is 5.22. The molecule has 1 aliphatic heterocycles.